The smallest absolute Gasteiger partial charge is 0.0643 e. The van der Waals surface area contributed by atoms with Crippen LogP contribution in [0.2, 0.25) is 0 Å². The largest absolute Gasteiger partial charge is 0.396 e. The Bertz CT molecular complexity index is 257. The maximum atomic E-state index is 10.4. The molecule has 4 heteroatoms. The zero-order chi connectivity index (χ0) is 15.9. The molecule has 0 aromatic heterocycles. The van der Waals surface area contributed by atoms with Crippen LogP contribution in [0, 0.1) is 17.3 Å². The first-order valence-corrected chi connectivity index (χ1v) is 7.87. The number of rotatable bonds is 10. The van der Waals surface area contributed by atoms with E-state index < -0.39 is 23.7 Å². The highest BCUT2D eigenvalue weighted by Crippen LogP contribution is 2.34. The average Bonchev–Trinajstić information content (AvgIpc) is 2.42. The van der Waals surface area contributed by atoms with E-state index in [1.54, 1.807) is 6.92 Å². The summed E-state index contributed by atoms with van der Waals surface area (Å²) < 4.78 is 0. The molecule has 0 bridgehead atoms. The first-order chi connectivity index (χ1) is 9.22. The lowest BCUT2D eigenvalue weighted by Crippen LogP contribution is -2.43. The summed E-state index contributed by atoms with van der Waals surface area (Å²) in [7, 11) is 0. The Balaban J connectivity index is 4.66. The van der Waals surface area contributed by atoms with Crippen LogP contribution in [0.5, 0.6) is 0 Å². The van der Waals surface area contributed by atoms with Gasteiger partial charge in [0.25, 0.3) is 0 Å². The van der Waals surface area contributed by atoms with Crippen LogP contribution in [0.1, 0.15) is 60.3 Å². The van der Waals surface area contributed by atoms with Crippen LogP contribution in [0.15, 0.2) is 0 Å². The number of hydrogen-bond acceptors (Lipinski definition) is 4. The van der Waals surface area contributed by atoms with Crippen LogP contribution in [-0.2, 0) is 0 Å². The molecule has 0 aromatic carbocycles. The fourth-order valence-electron chi connectivity index (χ4n) is 2.69. The summed E-state index contributed by atoms with van der Waals surface area (Å²) in [5.41, 5.74) is -0.595. The van der Waals surface area contributed by atoms with Crippen LogP contribution in [0.4, 0.5) is 0 Å². The van der Waals surface area contributed by atoms with Gasteiger partial charge in [-0.3, -0.25) is 0 Å². The predicted octanol–water partition coefficient (Wildman–Crippen LogP) is 1.94. The van der Waals surface area contributed by atoms with Crippen molar-refractivity contribution in [1.82, 2.24) is 0 Å². The van der Waals surface area contributed by atoms with E-state index in [2.05, 4.69) is 0 Å². The third kappa shape index (κ3) is 5.32. The quantitative estimate of drug-likeness (QED) is 0.496. The summed E-state index contributed by atoms with van der Waals surface area (Å²) in [5.74, 6) is 0.225. The Morgan fingerprint density at radius 1 is 1.00 bits per heavy atom. The first kappa shape index (κ1) is 19.8. The molecule has 0 saturated heterocycles. The molecule has 0 aliphatic rings. The lowest BCUT2D eigenvalue weighted by atomic mass is 9.73. The van der Waals surface area contributed by atoms with E-state index in [1.165, 1.54) is 0 Å². The lowest BCUT2D eigenvalue weighted by molar-refractivity contribution is -0.0791. The molecule has 0 saturated carbocycles. The van der Waals surface area contributed by atoms with Gasteiger partial charge in [0, 0.05) is 18.4 Å². The summed E-state index contributed by atoms with van der Waals surface area (Å²) in [6.45, 7) is 9.56. The van der Waals surface area contributed by atoms with Gasteiger partial charge in [0.1, 0.15) is 0 Å². The second-order valence-electron chi connectivity index (χ2n) is 6.55. The van der Waals surface area contributed by atoms with E-state index >= 15 is 0 Å². The Kier molecular flexibility index (Phi) is 8.91. The van der Waals surface area contributed by atoms with E-state index in [1.807, 2.05) is 27.7 Å². The number of aliphatic hydroxyl groups is 4. The van der Waals surface area contributed by atoms with E-state index in [9.17, 15) is 15.3 Å². The Hall–Kier alpha value is -0.160. The van der Waals surface area contributed by atoms with Crippen molar-refractivity contribution < 1.29 is 20.4 Å². The second kappa shape index (κ2) is 8.98. The summed E-state index contributed by atoms with van der Waals surface area (Å²) >= 11 is 0. The summed E-state index contributed by atoms with van der Waals surface area (Å²) in [5, 5.41) is 39.7. The van der Waals surface area contributed by atoms with Crippen LogP contribution in [-0.4, -0.2) is 45.3 Å². The third-order valence-electron chi connectivity index (χ3n) is 5.03. The summed E-state index contributed by atoms with van der Waals surface area (Å²) in [6.07, 6.45) is 0.531. The minimum absolute atomic E-state index is 0.0712. The fraction of sp³-hybridized carbons (Fsp3) is 1.00. The van der Waals surface area contributed by atoms with Crippen LogP contribution in [0.3, 0.4) is 0 Å². The highest BCUT2D eigenvalue weighted by Gasteiger charge is 2.38. The van der Waals surface area contributed by atoms with Crippen molar-refractivity contribution in [2.24, 2.45) is 17.3 Å². The molecule has 4 nitrogen and oxygen atoms in total. The monoisotopic (exact) mass is 290 g/mol. The fourth-order valence-corrected chi connectivity index (χ4v) is 2.69. The molecule has 0 radical (unpaired) electrons. The molecule has 0 amide bonds. The molecule has 0 aromatic rings. The van der Waals surface area contributed by atoms with Crippen LogP contribution >= 0.6 is 0 Å². The lowest BCUT2D eigenvalue weighted by Gasteiger charge is -2.38. The molecule has 0 fully saturated rings. The third-order valence-corrected chi connectivity index (χ3v) is 5.03. The molecule has 122 valence electrons. The molecule has 6 unspecified atom stereocenters. The van der Waals surface area contributed by atoms with E-state index in [0.717, 1.165) is 12.8 Å². The number of aliphatic hydroxyl groups excluding tert-OH is 4. The average molecular weight is 290 g/mol. The Labute approximate surface area is 123 Å². The zero-order valence-electron chi connectivity index (χ0n) is 13.7. The SMILES string of the molecule is CCC(CC(C)CO)C(O)CC(O)C(C)(CC)C(C)O. The highest BCUT2D eigenvalue weighted by atomic mass is 16.3. The molecule has 0 heterocycles. The first-order valence-electron chi connectivity index (χ1n) is 7.87. The molecule has 6 atom stereocenters. The van der Waals surface area contributed by atoms with Gasteiger partial charge in [-0.1, -0.05) is 34.1 Å². The Morgan fingerprint density at radius 2 is 1.55 bits per heavy atom. The Morgan fingerprint density at radius 3 is 1.90 bits per heavy atom. The van der Waals surface area contributed by atoms with Crippen molar-refractivity contribution in [2.45, 2.75) is 78.6 Å². The van der Waals surface area contributed by atoms with Crippen molar-refractivity contribution in [1.29, 1.82) is 0 Å². The molecule has 0 rings (SSSR count). The maximum absolute atomic E-state index is 10.4. The van der Waals surface area contributed by atoms with Crippen molar-refractivity contribution in [3.8, 4) is 0 Å². The second-order valence-corrected chi connectivity index (χ2v) is 6.55. The van der Waals surface area contributed by atoms with Crippen molar-refractivity contribution in [3.63, 3.8) is 0 Å². The minimum Gasteiger partial charge on any atom is -0.396 e. The molecular weight excluding hydrogens is 256 g/mol. The number of hydrogen-bond donors (Lipinski definition) is 4. The van der Waals surface area contributed by atoms with Gasteiger partial charge in [-0.2, -0.15) is 0 Å². The van der Waals surface area contributed by atoms with Gasteiger partial charge in [0.05, 0.1) is 18.3 Å². The van der Waals surface area contributed by atoms with Gasteiger partial charge in [-0.25, -0.2) is 0 Å². The molecule has 0 aliphatic heterocycles. The molecular formula is C16H34O4. The van der Waals surface area contributed by atoms with E-state index in [4.69, 9.17) is 5.11 Å². The van der Waals surface area contributed by atoms with Gasteiger partial charge in [-0.05, 0) is 31.6 Å². The summed E-state index contributed by atoms with van der Waals surface area (Å²) in [4.78, 5) is 0. The van der Waals surface area contributed by atoms with Gasteiger partial charge in [-0.15, -0.1) is 0 Å². The zero-order valence-corrected chi connectivity index (χ0v) is 13.7. The van der Waals surface area contributed by atoms with Crippen molar-refractivity contribution in [2.75, 3.05) is 6.61 Å². The van der Waals surface area contributed by atoms with E-state index in [-0.39, 0.29) is 24.9 Å². The minimum atomic E-state index is -0.735. The van der Waals surface area contributed by atoms with Gasteiger partial charge in [0.15, 0.2) is 0 Å². The molecule has 0 spiro atoms. The van der Waals surface area contributed by atoms with Gasteiger partial charge >= 0.3 is 0 Å². The van der Waals surface area contributed by atoms with Gasteiger partial charge < -0.3 is 20.4 Å². The van der Waals surface area contributed by atoms with E-state index in [0.29, 0.717) is 6.42 Å². The van der Waals surface area contributed by atoms with Crippen molar-refractivity contribution >= 4 is 0 Å². The summed E-state index contributed by atoms with van der Waals surface area (Å²) in [6, 6.07) is 0. The molecule has 0 aliphatic carbocycles. The molecule has 20 heavy (non-hydrogen) atoms. The maximum Gasteiger partial charge on any atom is 0.0643 e. The van der Waals surface area contributed by atoms with Crippen LogP contribution < -0.4 is 0 Å². The topological polar surface area (TPSA) is 80.9 Å². The van der Waals surface area contributed by atoms with Gasteiger partial charge in [0.2, 0.25) is 0 Å². The highest BCUT2D eigenvalue weighted by molar-refractivity contribution is 4.88. The van der Waals surface area contributed by atoms with Crippen LogP contribution in [0.25, 0.3) is 0 Å². The predicted molar refractivity (Wildman–Crippen MR) is 81.4 cm³/mol. The normalized spacial score (nSPS) is 22.6. The van der Waals surface area contributed by atoms with Crippen molar-refractivity contribution in [3.05, 3.63) is 0 Å². The standard InChI is InChI=1S/C16H34O4/c1-6-13(8-11(3)10-17)14(19)9-15(20)16(5,7-2)12(4)18/h11-15,17-20H,6-10H2,1-5H3. The molecule has 4 N–H and O–H groups in total.